The van der Waals surface area contributed by atoms with E-state index in [1.54, 1.807) is 24.8 Å². The van der Waals surface area contributed by atoms with Crippen molar-refractivity contribution >= 4 is 82.9 Å². The summed E-state index contributed by atoms with van der Waals surface area (Å²) in [5.74, 6) is -0.375. The average molecular weight is 560 g/mol. The zero-order valence-corrected chi connectivity index (χ0v) is 20.9. The summed E-state index contributed by atoms with van der Waals surface area (Å²) in [7, 11) is -5.62. The third-order valence-corrected chi connectivity index (χ3v) is 7.99. The number of carbonyl (C=O) groups excluding carboxylic acids is 1. The third kappa shape index (κ3) is 4.18. The summed E-state index contributed by atoms with van der Waals surface area (Å²) < 4.78 is 62.8. The van der Waals surface area contributed by atoms with Gasteiger partial charge in [-0.1, -0.05) is 22.9 Å². The summed E-state index contributed by atoms with van der Waals surface area (Å²) in [4.78, 5) is 20.1. The number of nitriles is 1. The van der Waals surface area contributed by atoms with Crippen LogP contribution in [0.5, 0.6) is 0 Å². The molecule has 1 amide bonds. The Morgan fingerprint density at radius 2 is 1.86 bits per heavy atom. The molecule has 3 aromatic rings. The molecule has 1 N–H and O–H groups in total. The highest BCUT2D eigenvalue weighted by Gasteiger charge is 2.50. The summed E-state index contributed by atoms with van der Waals surface area (Å²) in [5.41, 5.74) is -5.44. The molecular formula is C20H13ClF3N5O3S3. The normalized spacial score (nSPS) is 16.1. The van der Waals surface area contributed by atoms with Gasteiger partial charge in [-0.3, -0.25) is 14.4 Å². The predicted octanol–water partition coefficient (Wildman–Crippen LogP) is 5.00. The summed E-state index contributed by atoms with van der Waals surface area (Å²) in [5, 5.41) is 8.89. The van der Waals surface area contributed by atoms with Gasteiger partial charge in [0.15, 0.2) is 10.2 Å². The van der Waals surface area contributed by atoms with Crippen LogP contribution in [0.3, 0.4) is 0 Å². The van der Waals surface area contributed by atoms with Crippen LogP contribution in [-0.4, -0.2) is 35.5 Å². The molecular weight excluding hydrogens is 547 g/mol. The number of rotatable bonds is 4. The van der Waals surface area contributed by atoms with E-state index in [9.17, 15) is 26.4 Å². The smallest absolute Gasteiger partial charge is 0.303 e. The summed E-state index contributed by atoms with van der Waals surface area (Å²) in [6.45, 7) is 3.28. The number of aromatic nitrogens is 1. The summed E-state index contributed by atoms with van der Waals surface area (Å²) in [6, 6.07) is 11.0. The number of thiocarbonyl (C=S) groups is 1. The van der Waals surface area contributed by atoms with E-state index in [1.807, 2.05) is 6.07 Å². The molecule has 1 aliphatic rings. The molecule has 4 rings (SSSR count). The van der Waals surface area contributed by atoms with Gasteiger partial charge in [-0.05, 0) is 62.5 Å². The Hall–Kier alpha value is -2.99. The zero-order valence-electron chi connectivity index (χ0n) is 17.7. The van der Waals surface area contributed by atoms with Crippen molar-refractivity contribution in [1.29, 1.82) is 5.26 Å². The Morgan fingerprint density at radius 1 is 1.20 bits per heavy atom. The number of hydrogen-bond acceptors (Lipinski definition) is 7. The minimum absolute atomic E-state index is 0.105. The van der Waals surface area contributed by atoms with Gasteiger partial charge in [-0.25, -0.2) is 4.98 Å². The molecule has 1 aliphatic heterocycles. The van der Waals surface area contributed by atoms with Crippen molar-refractivity contribution in [3.8, 4) is 6.07 Å². The second kappa shape index (κ2) is 8.30. The molecule has 1 fully saturated rings. The average Bonchev–Trinajstić information content (AvgIpc) is 3.21. The van der Waals surface area contributed by atoms with Crippen LogP contribution < -0.4 is 14.5 Å². The molecule has 0 saturated carbocycles. The molecule has 0 atom stereocenters. The van der Waals surface area contributed by atoms with Gasteiger partial charge in [0, 0.05) is 5.69 Å². The minimum Gasteiger partial charge on any atom is -0.303 e. The van der Waals surface area contributed by atoms with Crippen molar-refractivity contribution < 1.29 is 26.4 Å². The van der Waals surface area contributed by atoms with Crippen LogP contribution in [0.25, 0.3) is 10.2 Å². The molecule has 0 aliphatic carbocycles. The number of nitrogens with one attached hydrogen (secondary N) is 1. The number of benzene rings is 2. The fraction of sp³-hybridized carbons (Fsp3) is 0.200. The van der Waals surface area contributed by atoms with Crippen LogP contribution in [0.1, 0.15) is 19.4 Å². The first-order valence-electron chi connectivity index (χ1n) is 9.55. The number of alkyl halides is 3. The largest absolute Gasteiger partial charge is 0.516 e. The number of halogens is 4. The first-order chi connectivity index (χ1) is 16.2. The van der Waals surface area contributed by atoms with Crippen molar-refractivity contribution in [1.82, 2.24) is 4.98 Å². The molecule has 8 nitrogen and oxygen atoms in total. The highest BCUT2D eigenvalue weighted by atomic mass is 35.5. The van der Waals surface area contributed by atoms with E-state index in [0.29, 0.717) is 16.1 Å². The van der Waals surface area contributed by atoms with Gasteiger partial charge in [0.2, 0.25) is 0 Å². The van der Waals surface area contributed by atoms with Crippen molar-refractivity contribution in [2.75, 3.05) is 14.5 Å². The Labute approximate surface area is 211 Å². The van der Waals surface area contributed by atoms with Crippen LogP contribution in [0.15, 0.2) is 36.4 Å². The first kappa shape index (κ1) is 25.1. The second-order valence-electron chi connectivity index (χ2n) is 7.82. The quantitative estimate of drug-likeness (QED) is 0.448. The molecule has 1 saturated heterocycles. The monoisotopic (exact) mass is 559 g/mol. The zero-order chi connectivity index (χ0) is 25.9. The molecule has 0 radical (unpaired) electrons. The number of fused-ring (bicyclic) bond motifs is 1. The molecule has 0 spiro atoms. The fourth-order valence-corrected chi connectivity index (χ4v) is 5.78. The Bertz CT molecular complexity index is 1550. The van der Waals surface area contributed by atoms with Gasteiger partial charge >= 0.3 is 15.5 Å². The number of thiazole rings is 1. The molecule has 0 unspecified atom stereocenters. The van der Waals surface area contributed by atoms with Gasteiger partial charge in [0.05, 0.1) is 26.5 Å². The standard InChI is InChI=1S/C20H13ClF3N5O3S3/c1-19(2)16(30)28(11-4-3-10(9-25)13(21)7-11)18(33)29(19)12-5-6-15-14(8-12)26-17(34-15)27-35(31,32)20(22,23)24/h3-8H,1-2H3,(H,26,27). The molecule has 15 heteroatoms. The van der Waals surface area contributed by atoms with Crippen LogP contribution >= 0.6 is 35.2 Å². The van der Waals surface area contributed by atoms with Gasteiger partial charge in [-0.15, -0.1) is 0 Å². The van der Waals surface area contributed by atoms with Gasteiger partial charge < -0.3 is 4.90 Å². The highest BCUT2D eigenvalue weighted by Crippen LogP contribution is 2.39. The predicted molar refractivity (Wildman–Crippen MR) is 131 cm³/mol. The third-order valence-electron chi connectivity index (χ3n) is 5.16. The van der Waals surface area contributed by atoms with E-state index < -0.39 is 26.2 Å². The Kier molecular flexibility index (Phi) is 5.95. The maximum atomic E-state index is 13.3. The van der Waals surface area contributed by atoms with E-state index in [-0.39, 0.29) is 27.1 Å². The lowest BCUT2D eigenvalue weighted by molar-refractivity contribution is -0.120. The molecule has 182 valence electrons. The lowest BCUT2D eigenvalue weighted by Gasteiger charge is -2.29. The lowest BCUT2D eigenvalue weighted by Crippen LogP contribution is -2.44. The van der Waals surface area contributed by atoms with Crippen LogP contribution in [0, 0.1) is 11.3 Å². The van der Waals surface area contributed by atoms with E-state index in [0.717, 1.165) is 11.3 Å². The van der Waals surface area contributed by atoms with E-state index in [2.05, 4.69) is 4.98 Å². The van der Waals surface area contributed by atoms with Gasteiger partial charge in [0.25, 0.3) is 5.91 Å². The SMILES string of the molecule is CC1(C)C(=O)N(c2ccc(C#N)c(Cl)c2)C(=S)N1c1ccc2sc(NS(=O)(=O)C(F)(F)F)nc2c1. The molecule has 0 bridgehead atoms. The van der Waals surface area contributed by atoms with Crippen molar-refractivity contribution in [3.05, 3.63) is 47.0 Å². The Balaban J connectivity index is 1.72. The number of carbonyl (C=O) groups is 1. The number of hydrogen-bond donors (Lipinski definition) is 1. The van der Waals surface area contributed by atoms with Gasteiger partial charge in [-0.2, -0.15) is 26.9 Å². The van der Waals surface area contributed by atoms with Crippen molar-refractivity contribution in [2.24, 2.45) is 0 Å². The molecule has 35 heavy (non-hydrogen) atoms. The second-order valence-corrected chi connectivity index (χ2v) is 11.3. The molecule has 2 aromatic carbocycles. The number of anilines is 3. The Morgan fingerprint density at radius 3 is 2.46 bits per heavy atom. The van der Waals surface area contributed by atoms with E-state index >= 15 is 0 Å². The highest BCUT2D eigenvalue weighted by molar-refractivity contribution is 7.93. The van der Waals surface area contributed by atoms with Crippen LogP contribution in [0.4, 0.5) is 29.7 Å². The van der Waals surface area contributed by atoms with E-state index in [4.69, 9.17) is 29.1 Å². The van der Waals surface area contributed by atoms with Gasteiger partial charge in [0.1, 0.15) is 11.6 Å². The minimum atomic E-state index is -5.62. The molecule has 2 heterocycles. The number of amides is 1. The molecule has 1 aromatic heterocycles. The van der Waals surface area contributed by atoms with Crippen LogP contribution in [0.2, 0.25) is 5.02 Å². The summed E-state index contributed by atoms with van der Waals surface area (Å²) in [6.07, 6.45) is 0. The maximum Gasteiger partial charge on any atom is 0.516 e. The fourth-order valence-electron chi connectivity index (χ4n) is 3.46. The maximum absolute atomic E-state index is 13.3. The van der Waals surface area contributed by atoms with Crippen molar-refractivity contribution in [3.63, 3.8) is 0 Å². The number of nitrogens with zero attached hydrogens (tertiary/aromatic N) is 4. The van der Waals surface area contributed by atoms with Crippen molar-refractivity contribution in [2.45, 2.75) is 24.9 Å². The summed E-state index contributed by atoms with van der Waals surface area (Å²) >= 11 is 12.4. The lowest BCUT2D eigenvalue weighted by atomic mass is 10.0. The topological polar surface area (TPSA) is 106 Å². The number of sulfonamides is 1. The van der Waals surface area contributed by atoms with E-state index in [1.165, 1.54) is 40.0 Å². The first-order valence-corrected chi connectivity index (χ1v) is 12.6. The van der Waals surface area contributed by atoms with Crippen LogP contribution in [-0.2, 0) is 14.8 Å².